The van der Waals surface area contributed by atoms with Crippen molar-refractivity contribution in [2.45, 2.75) is 21.6 Å². The van der Waals surface area contributed by atoms with Gasteiger partial charge in [0.15, 0.2) is 0 Å². The largest absolute Gasteiger partial charge is 4.00 e. The second-order valence-electron chi connectivity index (χ2n) is 8.08. The van der Waals surface area contributed by atoms with Crippen LogP contribution in [0.3, 0.4) is 0 Å². The van der Waals surface area contributed by atoms with Crippen molar-refractivity contribution in [3.63, 3.8) is 0 Å². The first-order chi connectivity index (χ1) is 15.8. The van der Waals surface area contributed by atoms with Crippen LogP contribution in [0.4, 0.5) is 0 Å². The Kier molecular flexibility index (Phi) is 6.75. The molecular formula is C30H21BrSZr. The summed E-state index contributed by atoms with van der Waals surface area (Å²) in [5.41, 5.74) is 8.02. The zero-order valence-electron chi connectivity index (χ0n) is 19.8. The van der Waals surface area contributed by atoms with Gasteiger partial charge in [0, 0.05) is 9.37 Å². The third kappa shape index (κ3) is 4.32. The molecule has 0 fully saturated rings. The van der Waals surface area contributed by atoms with Crippen molar-refractivity contribution in [1.82, 2.24) is 0 Å². The van der Waals surface area contributed by atoms with Crippen molar-refractivity contribution in [2.24, 2.45) is 0 Å². The maximum Gasteiger partial charge on any atom is 4.00 e. The smallest absolute Gasteiger partial charge is 1.00 e. The van der Waals surface area contributed by atoms with Gasteiger partial charge in [-0.1, -0.05) is 117 Å². The second kappa shape index (κ2) is 9.74. The summed E-state index contributed by atoms with van der Waals surface area (Å²) < 4.78 is 1.17. The summed E-state index contributed by atoms with van der Waals surface area (Å²) in [6, 6.07) is 32.2. The van der Waals surface area contributed by atoms with Crippen LogP contribution in [0.25, 0.3) is 12.2 Å². The number of benzene rings is 4. The van der Waals surface area contributed by atoms with Gasteiger partial charge < -0.3 is 2.85 Å². The minimum atomic E-state index is 0. The van der Waals surface area contributed by atoms with Crippen LogP contribution in [-0.4, -0.2) is 0 Å². The Morgan fingerprint density at radius 3 is 2.36 bits per heavy atom. The molecule has 1 heterocycles. The zero-order valence-corrected chi connectivity index (χ0v) is 22.6. The Labute approximate surface area is 230 Å². The maximum atomic E-state index is 3.62. The minimum absolute atomic E-state index is 0. The van der Waals surface area contributed by atoms with Gasteiger partial charge in [-0.25, -0.2) is 12.2 Å². The van der Waals surface area contributed by atoms with Crippen molar-refractivity contribution in [3.8, 4) is 0 Å². The van der Waals surface area contributed by atoms with Crippen LogP contribution in [0.5, 0.6) is 0 Å². The molecule has 0 saturated carbocycles. The van der Waals surface area contributed by atoms with Crippen LogP contribution >= 0.6 is 27.7 Å². The van der Waals surface area contributed by atoms with E-state index in [0.717, 1.165) is 0 Å². The molecule has 2 aliphatic carbocycles. The number of fused-ring (bicyclic) bond motifs is 4. The van der Waals surface area contributed by atoms with Crippen molar-refractivity contribution in [3.05, 3.63) is 141 Å². The van der Waals surface area contributed by atoms with E-state index < -0.39 is 0 Å². The molecule has 158 valence electrons. The predicted octanol–water partition coefficient (Wildman–Crippen LogP) is 8.75. The van der Waals surface area contributed by atoms with E-state index in [1.165, 1.54) is 47.6 Å². The Bertz CT molecular complexity index is 1380. The average molecular weight is 585 g/mol. The summed E-state index contributed by atoms with van der Waals surface area (Å²) in [7, 11) is 0. The third-order valence-electron chi connectivity index (χ3n) is 6.14. The molecular weight excluding hydrogens is 564 g/mol. The zero-order chi connectivity index (χ0) is 21.5. The number of allylic oxidation sites excluding steroid dienone is 2. The molecule has 0 aromatic heterocycles. The molecule has 2 atom stereocenters. The first-order valence-corrected chi connectivity index (χ1v) is 12.3. The fourth-order valence-corrected chi connectivity index (χ4v) is 6.26. The van der Waals surface area contributed by atoms with Crippen LogP contribution in [0.1, 0.15) is 48.1 Å². The first kappa shape index (κ1) is 22.8. The number of rotatable bonds is 1. The summed E-state index contributed by atoms with van der Waals surface area (Å²) in [5, 5.41) is 0. The van der Waals surface area contributed by atoms with Crippen LogP contribution in [0, 0.1) is 12.2 Å². The molecule has 2 unspecified atom stereocenters. The van der Waals surface area contributed by atoms with Crippen molar-refractivity contribution >= 4 is 39.8 Å². The van der Waals surface area contributed by atoms with E-state index in [1.54, 1.807) is 0 Å². The summed E-state index contributed by atoms with van der Waals surface area (Å²) in [5.74, 6) is 0.613. The number of halogens is 1. The Balaban J connectivity index is 0.000000180. The van der Waals surface area contributed by atoms with Crippen LogP contribution in [0.15, 0.2) is 105 Å². The van der Waals surface area contributed by atoms with Gasteiger partial charge in [0.1, 0.15) is 0 Å². The van der Waals surface area contributed by atoms with Gasteiger partial charge in [0.25, 0.3) is 0 Å². The third-order valence-corrected chi connectivity index (χ3v) is 7.90. The fourth-order valence-electron chi connectivity index (χ4n) is 4.62. The van der Waals surface area contributed by atoms with Crippen molar-refractivity contribution in [1.29, 1.82) is 0 Å². The normalized spacial score (nSPS) is 17.8. The van der Waals surface area contributed by atoms with Crippen molar-refractivity contribution < 1.29 is 29.1 Å². The molecule has 1 aliphatic heterocycles. The van der Waals surface area contributed by atoms with Gasteiger partial charge in [-0.2, -0.15) is 11.1 Å². The van der Waals surface area contributed by atoms with Gasteiger partial charge in [-0.05, 0) is 12.1 Å². The molecule has 0 nitrogen and oxygen atoms in total. The number of hydrogen-bond donors (Lipinski definition) is 0. The van der Waals surface area contributed by atoms with Gasteiger partial charge in [-0.3, -0.25) is 12.2 Å². The second-order valence-corrected chi connectivity index (χ2v) is 10.0. The monoisotopic (exact) mass is 582 g/mol. The molecule has 0 spiro atoms. The fraction of sp³-hybridized carbons (Fsp3) is 0.0667. The summed E-state index contributed by atoms with van der Waals surface area (Å²) in [4.78, 5) is 2.68. The molecule has 3 aliphatic rings. The van der Waals surface area contributed by atoms with Crippen molar-refractivity contribution in [2.75, 3.05) is 0 Å². The Morgan fingerprint density at radius 2 is 1.48 bits per heavy atom. The Morgan fingerprint density at radius 1 is 0.727 bits per heavy atom. The minimum Gasteiger partial charge on any atom is -1.00 e. The predicted molar refractivity (Wildman–Crippen MR) is 139 cm³/mol. The molecule has 6 bridgehead atoms. The van der Waals surface area contributed by atoms with E-state index in [9.17, 15) is 0 Å². The van der Waals surface area contributed by atoms with E-state index in [2.05, 4.69) is 125 Å². The average Bonchev–Trinajstić information content (AvgIpc) is 3.47. The maximum absolute atomic E-state index is 3.62. The van der Waals surface area contributed by atoms with E-state index >= 15 is 0 Å². The van der Waals surface area contributed by atoms with Crippen LogP contribution in [0.2, 0.25) is 0 Å². The van der Waals surface area contributed by atoms with E-state index in [0.29, 0.717) is 5.92 Å². The Hall–Kier alpha value is -1.93. The number of hydrogen-bond acceptors (Lipinski definition) is 1. The summed E-state index contributed by atoms with van der Waals surface area (Å²) in [6.07, 6.45) is 11.1. The molecule has 4 aromatic carbocycles. The van der Waals surface area contributed by atoms with Gasteiger partial charge in [0.2, 0.25) is 0 Å². The molecule has 3 heteroatoms. The first-order valence-electron chi connectivity index (χ1n) is 10.7. The van der Waals surface area contributed by atoms with E-state index in [4.69, 9.17) is 0 Å². The molecule has 0 radical (unpaired) electrons. The summed E-state index contributed by atoms with van der Waals surface area (Å²) >= 11 is 5.47. The van der Waals surface area contributed by atoms with E-state index in [1.807, 2.05) is 17.8 Å². The van der Waals surface area contributed by atoms with Gasteiger partial charge in [0.05, 0.1) is 0 Å². The molecule has 33 heavy (non-hydrogen) atoms. The molecule has 0 amide bonds. The van der Waals surface area contributed by atoms with Gasteiger partial charge in [-0.15, -0.1) is 29.0 Å². The van der Waals surface area contributed by atoms with Gasteiger partial charge >= 0.3 is 26.2 Å². The molecule has 4 aromatic rings. The quantitative estimate of drug-likeness (QED) is 0.202. The molecule has 7 rings (SSSR count). The van der Waals surface area contributed by atoms with Crippen LogP contribution < -0.4 is 0 Å². The van der Waals surface area contributed by atoms with E-state index in [-0.39, 0.29) is 35.0 Å². The van der Waals surface area contributed by atoms with Crippen LogP contribution in [-0.2, 0) is 26.2 Å². The SMILES string of the molecule is Brc1cccc2c1C(c1ccccc1)[C-]=C2.[C-]1=Cc2c3cccc2C1c1cccc(c1)S3.[H-].[H-].[Zr+4]. The molecule has 0 saturated heterocycles. The topological polar surface area (TPSA) is 0 Å². The standard InChI is InChI=1S/C15H10Br.C15H9S.Zr.2H/c16-14-8-4-7-12-9-10-13(15(12)14)11-5-2-1-3-6-11;1-3-10-9-11(4-1)16-15-6-2-5-13-12(10)7-8-14(13)15;;;/h1-9,13H;1-6,8-9,12H;;;/q2*-1;+4;2*-1. The molecule has 0 N–H and O–H groups in total. The summed E-state index contributed by atoms with van der Waals surface area (Å²) in [6.45, 7) is 0.